The third-order valence-electron chi connectivity index (χ3n) is 3.72. The molecule has 6 heteroatoms. The SMILES string of the molecule is CN(C)CC(=O)N1c2ccccc2C(=O)N(C)c2cccnc21. The molecule has 1 aliphatic rings. The van der Waals surface area contributed by atoms with E-state index >= 15 is 0 Å². The Morgan fingerprint density at radius 1 is 1.13 bits per heavy atom. The highest BCUT2D eigenvalue weighted by Gasteiger charge is 2.32. The number of hydrogen-bond donors (Lipinski definition) is 0. The summed E-state index contributed by atoms with van der Waals surface area (Å²) in [5.74, 6) is 0.181. The van der Waals surface area contributed by atoms with E-state index in [2.05, 4.69) is 4.98 Å². The number of amides is 2. The number of carbonyl (C=O) groups excluding carboxylic acids is 2. The smallest absolute Gasteiger partial charge is 0.260 e. The number of pyridine rings is 1. The average Bonchev–Trinajstić information content (AvgIpc) is 2.62. The first kappa shape index (κ1) is 15.2. The van der Waals surface area contributed by atoms with Crippen molar-refractivity contribution in [3.8, 4) is 0 Å². The number of benzene rings is 1. The zero-order chi connectivity index (χ0) is 16.6. The fourth-order valence-electron chi connectivity index (χ4n) is 2.67. The van der Waals surface area contributed by atoms with E-state index < -0.39 is 0 Å². The van der Waals surface area contributed by atoms with Crippen molar-refractivity contribution in [3.63, 3.8) is 0 Å². The first-order chi connectivity index (χ1) is 11.0. The number of rotatable bonds is 2. The molecule has 0 saturated carbocycles. The number of anilines is 3. The van der Waals surface area contributed by atoms with Crippen LogP contribution < -0.4 is 9.80 Å². The minimum Gasteiger partial charge on any atom is -0.308 e. The van der Waals surface area contributed by atoms with E-state index in [0.717, 1.165) is 0 Å². The number of nitrogens with zero attached hydrogens (tertiary/aromatic N) is 4. The summed E-state index contributed by atoms with van der Waals surface area (Å²) in [6.07, 6.45) is 1.63. The third kappa shape index (κ3) is 2.57. The quantitative estimate of drug-likeness (QED) is 0.850. The van der Waals surface area contributed by atoms with Crippen LogP contribution in [-0.2, 0) is 4.79 Å². The standard InChI is InChI=1S/C17H18N4O2/c1-19(2)11-15(22)21-13-8-5-4-7-12(13)17(23)20(3)14-9-6-10-18-16(14)21/h4-10H,11H2,1-3H3. The van der Waals surface area contributed by atoms with Crippen molar-refractivity contribution in [3.05, 3.63) is 48.2 Å². The van der Waals surface area contributed by atoms with Crippen LogP contribution in [0.5, 0.6) is 0 Å². The van der Waals surface area contributed by atoms with Gasteiger partial charge in [0, 0.05) is 13.2 Å². The number of likely N-dealkylation sites (N-methyl/N-ethyl adjacent to an activating group) is 1. The Morgan fingerprint density at radius 3 is 2.57 bits per heavy atom. The lowest BCUT2D eigenvalue weighted by Gasteiger charge is -2.24. The van der Waals surface area contributed by atoms with Crippen LogP contribution in [0.1, 0.15) is 10.4 Å². The van der Waals surface area contributed by atoms with Crippen LogP contribution in [0.25, 0.3) is 0 Å². The molecule has 1 aromatic carbocycles. The van der Waals surface area contributed by atoms with Crippen molar-refractivity contribution in [1.82, 2.24) is 9.88 Å². The van der Waals surface area contributed by atoms with Gasteiger partial charge in [-0.2, -0.15) is 0 Å². The molecule has 3 rings (SSSR count). The normalized spacial score (nSPS) is 13.7. The molecule has 0 N–H and O–H groups in total. The highest BCUT2D eigenvalue weighted by molar-refractivity contribution is 6.18. The summed E-state index contributed by atoms with van der Waals surface area (Å²) in [5.41, 5.74) is 1.66. The Kier molecular flexibility index (Phi) is 3.83. The molecule has 0 spiro atoms. The van der Waals surface area contributed by atoms with Crippen LogP contribution in [0.2, 0.25) is 0 Å². The molecule has 118 valence electrons. The molecule has 0 saturated heterocycles. The molecule has 23 heavy (non-hydrogen) atoms. The molecule has 2 amide bonds. The van der Waals surface area contributed by atoms with Gasteiger partial charge in [0.1, 0.15) is 0 Å². The molecular formula is C17H18N4O2. The van der Waals surface area contributed by atoms with E-state index in [1.54, 1.807) is 48.5 Å². The summed E-state index contributed by atoms with van der Waals surface area (Å²) in [5, 5.41) is 0. The molecule has 0 fully saturated rings. The largest absolute Gasteiger partial charge is 0.308 e. The van der Waals surface area contributed by atoms with Crippen molar-refractivity contribution in [2.75, 3.05) is 37.5 Å². The average molecular weight is 310 g/mol. The molecule has 0 atom stereocenters. The van der Waals surface area contributed by atoms with Gasteiger partial charge in [-0.3, -0.25) is 14.5 Å². The summed E-state index contributed by atoms with van der Waals surface area (Å²) < 4.78 is 0. The first-order valence-corrected chi connectivity index (χ1v) is 7.30. The maximum atomic E-state index is 12.8. The van der Waals surface area contributed by atoms with Crippen molar-refractivity contribution < 1.29 is 9.59 Å². The molecule has 6 nitrogen and oxygen atoms in total. The van der Waals surface area contributed by atoms with E-state index in [9.17, 15) is 9.59 Å². The van der Waals surface area contributed by atoms with E-state index in [-0.39, 0.29) is 18.4 Å². The Bertz CT molecular complexity index is 773. The van der Waals surface area contributed by atoms with Gasteiger partial charge in [-0.05, 0) is 38.4 Å². The monoisotopic (exact) mass is 310 g/mol. The molecule has 0 bridgehead atoms. The van der Waals surface area contributed by atoms with E-state index in [4.69, 9.17) is 0 Å². The highest BCUT2D eigenvalue weighted by atomic mass is 16.2. The van der Waals surface area contributed by atoms with Gasteiger partial charge in [-0.15, -0.1) is 0 Å². The summed E-state index contributed by atoms with van der Waals surface area (Å²) in [6, 6.07) is 10.7. The number of fused-ring (bicyclic) bond motifs is 2. The van der Waals surface area contributed by atoms with E-state index in [1.807, 2.05) is 20.2 Å². The second-order valence-corrected chi connectivity index (χ2v) is 5.69. The predicted octanol–water partition coefficient (Wildman–Crippen LogP) is 1.90. The van der Waals surface area contributed by atoms with Crippen molar-refractivity contribution in [2.24, 2.45) is 0 Å². The number of aromatic nitrogens is 1. The Labute approximate surface area is 134 Å². The highest BCUT2D eigenvalue weighted by Crippen LogP contribution is 2.38. The Morgan fingerprint density at radius 2 is 1.83 bits per heavy atom. The topological polar surface area (TPSA) is 56.8 Å². The zero-order valence-corrected chi connectivity index (χ0v) is 13.4. The van der Waals surface area contributed by atoms with Gasteiger partial charge in [-0.1, -0.05) is 12.1 Å². The van der Waals surface area contributed by atoms with Crippen LogP contribution in [0.4, 0.5) is 17.2 Å². The van der Waals surface area contributed by atoms with Gasteiger partial charge in [0.25, 0.3) is 5.91 Å². The fourth-order valence-corrected chi connectivity index (χ4v) is 2.67. The second kappa shape index (κ2) is 5.81. The van der Waals surface area contributed by atoms with Crippen LogP contribution in [0.3, 0.4) is 0 Å². The van der Waals surface area contributed by atoms with E-state index in [0.29, 0.717) is 22.8 Å². The van der Waals surface area contributed by atoms with Crippen molar-refractivity contribution in [2.45, 2.75) is 0 Å². The molecule has 0 aliphatic carbocycles. The summed E-state index contributed by atoms with van der Waals surface area (Å²) in [7, 11) is 5.36. The first-order valence-electron chi connectivity index (χ1n) is 7.30. The van der Waals surface area contributed by atoms with Crippen LogP contribution in [0, 0.1) is 0 Å². The lowest BCUT2D eigenvalue weighted by Crippen LogP contribution is -2.35. The molecule has 2 aromatic rings. The molecule has 0 radical (unpaired) electrons. The van der Waals surface area contributed by atoms with Crippen LogP contribution in [-0.4, -0.2) is 49.4 Å². The molecule has 1 aliphatic heterocycles. The number of carbonyl (C=O) groups is 2. The number of hydrogen-bond acceptors (Lipinski definition) is 4. The third-order valence-corrected chi connectivity index (χ3v) is 3.72. The zero-order valence-electron chi connectivity index (χ0n) is 13.4. The summed E-state index contributed by atoms with van der Waals surface area (Å²) >= 11 is 0. The van der Waals surface area contributed by atoms with Gasteiger partial charge in [0.2, 0.25) is 5.91 Å². The van der Waals surface area contributed by atoms with Gasteiger partial charge >= 0.3 is 0 Å². The van der Waals surface area contributed by atoms with Gasteiger partial charge in [-0.25, -0.2) is 4.98 Å². The minimum absolute atomic E-state index is 0.134. The Hall–Kier alpha value is -2.73. The van der Waals surface area contributed by atoms with Gasteiger partial charge in [0.05, 0.1) is 23.5 Å². The predicted molar refractivity (Wildman–Crippen MR) is 89.1 cm³/mol. The number of para-hydroxylation sites is 1. The minimum atomic E-state index is -0.157. The fraction of sp³-hybridized carbons (Fsp3) is 0.235. The summed E-state index contributed by atoms with van der Waals surface area (Å²) in [4.78, 5) is 34.8. The Balaban J connectivity index is 2.25. The summed E-state index contributed by atoms with van der Waals surface area (Å²) in [6.45, 7) is 0.224. The maximum Gasteiger partial charge on any atom is 0.260 e. The lowest BCUT2D eigenvalue weighted by molar-refractivity contribution is -0.118. The second-order valence-electron chi connectivity index (χ2n) is 5.69. The van der Waals surface area contributed by atoms with Crippen molar-refractivity contribution in [1.29, 1.82) is 0 Å². The van der Waals surface area contributed by atoms with E-state index in [1.165, 1.54) is 9.80 Å². The van der Waals surface area contributed by atoms with Gasteiger partial charge in [0.15, 0.2) is 5.82 Å². The van der Waals surface area contributed by atoms with Gasteiger partial charge < -0.3 is 9.80 Å². The molecule has 2 heterocycles. The van der Waals surface area contributed by atoms with Crippen molar-refractivity contribution >= 4 is 29.0 Å². The molecular weight excluding hydrogens is 292 g/mol. The van der Waals surface area contributed by atoms with Crippen LogP contribution in [0.15, 0.2) is 42.6 Å². The lowest BCUT2D eigenvalue weighted by atomic mass is 10.1. The molecule has 1 aromatic heterocycles. The maximum absolute atomic E-state index is 12.8. The molecule has 0 unspecified atom stereocenters. The van der Waals surface area contributed by atoms with Crippen LogP contribution >= 0.6 is 0 Å².